The molecule has 150 valence electrons. The van der Waals surface area contributed by atoms with Gasteiger partial charge in [-0.1, -0.05) is 5.16 Å². The van der Waals surface area contributed by atoms with Crippen LogP contribution in [0.1, 0.15) is 34.3 Å². The number of carbonyl (C=O) groups is 3. The molecule has 0 saturated heterocycles. The third-order valence-corrected chi connectivity index (χ3v) is 4.43. The maximum absolute atomic E-state index is 12.2. The molecule has 1 heterocycles. The number of fused-ring (bicyclic) bond motifs is 1. The molecule has 0 aromatic heterocycles. The molecule has 0 bridgehead atoms. The maximum Gasteiger partial charge on any atom is 0.347 e. The number of nitrogens with one attached hydrogen (secondary N) is 1. The number of ketones is 1. The number of benzene rings is 2. The Balaban J connectivity index is 1.44. The predicted octanol–water partition coefficient (Wildman–Crippen LogP) is 2.53. The fraction of sp³-hybridized carbons (Fsp3) is 0.238. The van der Waals surface area contributed by atoms with E-state index in [1.54, 1.807) is 56.5 Å². The summed E-state index contributed by atoms with van der Waals surface area (Å²) in [6, 6.07) is 12.0. The van der Waals surface area contributed by atoms with Crippen molar-refractivity contribution >= 4 is 29.6 Å². The van der Waals surface area contributed by atoms with E-state index in [0.717, 1.165) is 16.9 Å². The van der Waals surface area contributed by atoms with Gasteiger partial charge in [-0.2, -0.15) is 0 Å². The second kappa shape index (κ2) is 9.01. The van der Waals surface area contributed by atoms with Crippen molar-refractivity contribution in [2.45, 2.75) is 12.8 Å². The van der Waals surface area contributed by atoms with E-state index in [2.05, 4.69) is 10.5 Å². The van der Waals surface area contributed by atoms with Crippen LogP contribution in [0.3, 0.4) is 0 Å². The minimum atomic E-state index is -0.711. The van der Waals surface area contributed by atoms with Crippen molar-refractivity contribution in [2.24, 2.45) is 5.16 Å². The molecule has 1 N–H and O–H groups in total. The van der Waals surface area contributed by atoms with E-state index in [4.69, 9.17) is 14.3 Å². The number of hydrogen-bond acceptors (Lipinski definition) is 7. The van der Waals surface area contributed by atoms with E-state index in [1.807, 2.05) is 0 Å². The molecule has 0 unspecified atom stereocenters. The molecular formula is C21H20N2O6. The number of rotatable bonds is 8. The molecule has 0 aliphatic carbocycles. The normalized spacial score (nSPS) is 15.0. The fourth-order valence-electron chi connectivity index (χ4n) is 2.74. The first-order valence-electron chi connectivity index (χ1n) is 8.91. The minimum absolute atomic E-state index is 0.108. The van der Waals surface area contributed by atoms with Gasteiger partial charge in [0, 0.05) is 11.3 Å². The van der Waals surface area contributed by atoms with E-state index in [9.17, 15) is 14.4 Å². The third kappa shape index (κ3) is 4.98. The van der Waals surface area contributed by atoms with Crippen LogP contribution in [-0.2, 0) is 19.2 Å². The van der Waals surface area contributed by atoms with Crippen molar-refractivity contribution in [1.29, 1.82) is 0 Å². The number of carbonyl (C=O) groups excluding carboxylic acids is 3. The Morgan fingerprint density at radius 2 is 1.90 bits per heavy atom. The first kappa shape index (κ1) is 20.1. The average Bonchev–Trinajstić information content (AvgIpc) is 3.03. The number of oxime groups is 1. The van der Waals surface area contributed by atoms with Crippen molar-refractivity contribution in [2.75, 3.05) is 25.6 Å². The van der Waals surface area contributed by atoms with Gasteiger partial charge in [-0.15, -0.1) is 0 Å². The van der Waals surface area contributed by atoms with Crippen molar-refractivity contribution in [3.05, 3.63) is 59.2 Å². The molecule has 2 aromatic rings. The van der Waals surface area contributed by atoms with Crippen LogP contribution in [0.5, 0.6) is 5.75 Å². The molecule has 1 atom stereocenters. The smallest absolute Gasteiger partial charge is 0.347 e. The van der Waals surface area contributed by atoms with Gasteiger partial charge < -0.3 is 19.6 Å². The van der Waals surface area contributed by atoms with Crippen LogP contribution in [-0.4, -0.2) is 44.2 Å². The van der Waals surface area contributed by atoms with Gasteiger partial charge >= 0.3 is 5.97 Å². The van der Waals surface area contributed by atoms with Gasteiger partial charge in [0.25, 0.3) is 0 Å². The highest BCUT2D eigenvalue weighted by atomic mass is 16.7. The lowest BCUT2D eigenvalue weighted by molar-refractivity contribution is -0.147. The highest BCUT2D eigenvalue weighted by molar-refractivity contribution is 6.05. The highest BCUT2D eigenvalue weighted by Crippen LogP contribution is 2.32. The number of methoxy groups -OCH3 is 1. The molecule has 2 aromatic carbocycles. The summed E-state index contributed by atoms with van der Waals surface area (Å²) in [5.41, 5.74) is 2.59. The minimum Gasteiger partial charge on any atom is -0.497 e. The summed E-state index contributed by atoms with van der Waals surface area (Å²) in [4.78, 5) is 40.5. The number of ether oxygens (including phenoxy) is 2. The predicted molar refractivity (Wildman–Crippen MR) is 105 cm³/mol. The summed E-state index contributed by atoms with van der Waals surface area (Å²) >= 11 is 0. The van der Waals surface area contributed by atoms with Crippen LogP contribution < -0.4 is 10.1 Å². The van der Waals surface area contributed by atoms with Crippen LogP contribution in [0, 0.1) is 0 Å². The van der Waals surface area contributed by atoms with Gasteiger partial charge in [-0.25, -0.2) is 4.79 Å². The molecule has 1 amide bonds. The second-order valence-electron chi connectivity index (χ2n) is 6.38. The number of nitrogens with zero attached hydrogens (tertiary/aromatic N) is 1. The van der Waals surface area contributed by atoms with Crippen LogP contribution >= 0.6 is 0 Å². The zero-order chi connectivity index (χ0) is 20.8. The Hall–Kier alpha value is -3.68. The second-order valence-corrected chi connectivity index (χ2v) is 6.38. The number of esters is 1. The molecule has 0 radical (unpaired) electrons. The first-order chi connectivity index (χ1) is 14.0. The summed E-state index contributed by atoms with van der Waals surface area (Å²) in [5.74, 6) is -0.788. The Morgan fingerprint density at radius 3 is 2.62 bits per heavy atom. The molecule has 3 rings (SSSR count). The van der Waals surface area contributed by atoms with Gasteiger partial charge in [0.2, 0.25) is 12.5 Å². The molecule has 1 aliphatic heterocycles. The topological polar surface area (TPSA) is 103 Å². The number of anilines is 1. The zero-order valence-electron chi connectivity index (χ0n) is 16.0. The van der Waals surface area contributed by atoms with Crippen LogP contribution in [0.15, 0.2) is 47.6 Å². The fourth-order valence-corrected chi connectivity index (χ4v) is 2.74. The van der Waals surface area contributed by atoms with Gasteiger partial charge in [-0.05, 0) is 60.5 Å². The Bertz CT molecular complexity index is 952. The third-order valence-electron chi connectivity index (χ3n) is 4.43. The SMILES string of the molecule is COc1ccc(/C=N\OCC(=O)OCC(=O)c2ccc3c(c2)[C@@H](C)C(=O)N3)cc1. The first-order valence-corrected chi connectivity index (χ1v) is 8.91. The molecule has 29 heavy (non-hydrogen) atoms. The van der Waals surface area contributed by atoms with Gasteiger partial charge in [-0.3, -0.25) is 9.59 Å². The number of Topliss-reactive ketones (excluding diaryl/α,β-unsaturated/α-hetero) is 1. The van der Waals surface area contributed by atoms with E-state index in [-0.39, 0.29) is 17.6 Å². The van der Waals surface area contributed by atoms with Crippen LogP contribution in [0.2, 0.25) is 0 Å². The summed E-state index contributed by atoms with van der Waals surface area (Å²) in [6.07, 6.45) is 1.44. The average molecular weight is 396 g/mol. The van der Waals surface area contributed by atoms with E-state index in [1.165, 1.54) is 6.21 Å². The van der Waals surface area contributed by atoms with Crippen molar-refractivity contribution in [1.82, 2.24) is 0 Å². The highest BCUT2D eigenvalue weighted by Gasteiger charge is 2.27. The van der Waals surface area contributed by atoms with Crippen LogP contribution in [0.25, 0.3) is 0 Å². The summed E-state index contributed by atoms with van der Waals surface area (Å²) in [5, 5.41) is 6.42. The summed E-state index contributed by atoms with van der Waals surface area (Å²) < 4.78 is 9.98. The van der Waals surface area contributed by atoms with E-state index >= 15 is 0 Å². The monoisotopic (exact) mass is 396 g/mol. The quantitative estimate of drug-likeness (QED) is 0.318. The van der Waals surface area contributed by atoms with Gasteiger partial charge in [0.05, 0.1) is 19.2 Å². The number of amides is 1. The molecule has 1 aliphatic rings. The summed E-state index contributed by atoms with van der Waals surface area (Å²) in [7, 11) is 1.57. The number of hydrogen-bond donors (Lipinski definition) is 1. The lowest BCUT2D eigenvalue weighted by atomic mass is 9.99. The molecule has 8 nitrogen and oxygen atoms in total. The largest absolute Gasteiger partial charge is 0.497 e. The standard InChI is InChI=1S/C21H20N2O6/c1-13-17-9-15(5-8-18(17)23-21(13)26)19(24)11-28-20(25)12-29-22-10-14-3-6-16(27-2)7-4-14/h3-10,13H,11-12H2,1-2H3,(H,23,26)/b22-10-/t13-/m1/s1. The molecule has 0 fully saturated rings. The molecule has 8 heteroatoms. The lowest BCUT2D eigenvalue weighted by Gasteiger charge is -2.06. The zero-order valence-corrected chi connectivity index (χ0v) is 16.0. The lowest BCUT2D eigenvalue weighted by Crippen LogP contribution is -2.17. The van der Waals surface area contributed by atoms with Crippen molar-refractivity contribution in [3.63, 3.8) is 0 Å². The molecule has 0 saturated carbocycles. The van der Waals surface area contributed by atoms with E-state index < -0.39 is 19.2 Å². The van der Waals surface area contributed by atoms with E-state index in [0.29, 0.717) is 11.3 Å². The Morgan fingerprint density at radius 1 is 1.14 bits per heavy atom. The maximum atomic E-state index is 12.2. The molecular weight excluding hydrogens is 376 g/mol. The summed E-state index contributed by atoms with van der Waals surface area (Å²) in [6.45, 7) is 0.928. The Labute approximate surface area is 167 Å². The Kier molecular flexibility index (Phi) is 6.23. The van der Waals surface area contributed by atoms with Gasteiger partial charge in [0.15, 0.2) is 12.4 Å². The molecule has 0 spiro atoms. The van der Waals surface area contributed by atoms with Crippen molar-refractivity contribution in [3.8, 4) is 5.75 Å². The van der Waals surface area contributed by atoms with Crippen molar-refractivity contribution < 1.29 is 28.7 Å². The van der Waals surface area contributed by atoms with Gasteiger partial charge in [0.1, 0.15) is 5.75 Å². The van der Waals surface area contributed by atoms with Crippen LogP contribution in [0.4, 0.5) is 5.69 Å².